The van der Waals surface area contributed by atoms with Crippen LogP contribution < -0.4 is 10.6 Å². The van der Waals surface area contributed by atoms with Crippen LogP contribution in [0.4, 0.5) is 0 Å². The van der Waals surface area contributed by atoms with E-state index in [1.165, 1.54) is 26.2 Å². The normalized spacial score (nSPS) is 17.0. The van der Waals surface area contributed by atoms with Crippen molar-refractivity contribution in [1.82, 2.24) is 4.31 Å². The van der Waals surface area contributed by atoms with Crippen molar-refractivity contribution < 1.29 is 18.1 Å². The van der Waals surface area contributed by atoms with Crippen molar-refractivity contribution in [3.63, 3.8) is 0 Å². The molecule has 8 heteroatoms. The predicted molar refractivity (Wildman–Crippen MR) is 92.4 cm³/mol. The number of sulfonamides is 1. The first-order valence-corrected chi connectivity index (χ1v) is 10.0. The Bertz CT molecular complexity index is 810. The van der Waals surface area contributed by atoms with Crippen LogP contribution >= 0.6 is 11.3 Å². The Morgan fingerprint density at radius 1 is 1.21 bits per heavy atom. The minimum atomic E-state index is -3.55. The summed E-state index contributed by atoms with van der Waals surface area (Å²) < 4.78 is 26.8. The fraction of sp³-hybridized carbons (Fsp3) is 0.312. The first-order chi connectivity index (χ1) is 11.5. The van der Waals surface area contributed by atoms with Gasteiger partial charge in [0.15, 0.2) is 0 Å². The van der Waals surface area contributed by atoms with Gasteiger partial charge in [0.05, 0.1) is 36.0 Å². The van der Waals surface area contributed by atoms with E-state index in [9.17, 15) is 13.2 Å². The van der Waals surface area contributed by atoms with Gasteiger partial charge in [0, 0.05) is 10.9 Å². The number of hydrogen-bond acceptors (Lipinski definition) is 4. The molecule has 0 unspecified atom stereocenters. The van der Waals surface area contributed by atoms with Gasteiger partial charge in [-0.1, -0.05) is 30.3 Å². The van der Waals surface area contributed by atoms with Crippen LogP contribution in [0, 0.1) is 0 Å². The molecule has 0 spiro atoms. The molecular formula is C16H20N3O3S2+. The summed E-state index contributed by atoms with van der Waals surface area (Å²) in [5.41, 5.74) is 6.46. The molecule has 24 heavy (non-hydrogen) atoms. The Labute approximate surface area is 145 Å². The molecule has 1 saturated heterocycles. The van der Waals surface area contributed by atoms with E-state index in [0.717, 1.165) is 31.0 Å². The predicted octanol–water partition coefficient (Wildman–Crippen LogP) is -0.0636. The minimum absolute atomic E-state index is 0.160. The third-order valence-corrected chi connectivity index (χ3v) is 7.15. The fourth-order valence-electron chi connectivity index (χ4n) is 2.84. The number of hydrogen-bond donors (Lipinski definition) is 2. The number of amides is 1. The van der Waals surface area contributed by atoms with Crippen LogP contribution in [0.1, 0.15) is 15.2 Å². The van der Waals surface area contributed by atoms with Crippen LogP contribution in [0.2, 0.25) is 0 Å². The number of piperazine rings is 1. The molecule has 1 aromatic heterocycles. The number of carbonyl (C=O) groups is 1. The van der Waals surface area contributed by atoms with E-state index < -0.39 is 15.9 Å². The zero-order valence-electron chi connectivity index (χ0n) is 13.1. The average molecular weight is 366 g/mol. The molecule has 6 nitrogen and oxygen atoms in total. The Kier molecular flexibility index (Phi) is 5.00. The summed E-state index contributed by atoms with van der Waals surface area (Å²) >= 11 is 1.07. The lowest BCUT2D eigenvalue weighted by atomic mass is 10.2. The zero-order chi connectivity index (χ0) is 17.2. The van der Waals surface area contributed by atoms with E-state index in [2.05, 4.69) is 12.1 Å². The molecule has 0 bridgehead atoms. The van der Waals surface area contributed by atoms with Gasteiger partial charge in [-0.15, -0.1) is 11.3 Å². The second kappa shape index (κ2) is 7.02. The molecule has 1 aliphatic rings. The fourth-order valence-corrected chi connectivity index (χ4v) is 5.39. The molecule has 1 fully saturated rings. The standard InChI is InChI=1S/C16H19N3O3S2/c17-16(20)15-10-14(12-23-15)24(21,22)19-8-6-18(7-9-19)11-13-4-2-1-3-5-13/h1-5,10,12H,6-9,11H2,(H2,17,20)/p+1. The first kappa shape index (κ1) is 17.1. The number of benzene rings is 1. The van der Waals surface area contributed by atoms with Gasteiger partial charge in [-0.05, 0) is 6.07 Å². The summed E-state index contributed by atoms with van der Waals surface area (Å²) in [6.07, 6.45) is 0. The quantitative estimate of drug-likeness (QED) is 0.777. The summed E-state index contributed by atoms with van der Waals surface area (Å²) in [4.78, 5) is 13.0. The molecule has 3 rings (SSSR count). The summed E-state index contributed by atoms with van der Waals surface area (Å²) in [6.45, 7) is 3.39. The van der Waals surface area contributed by atoms with Crippen LogP contribution in [-0.2, 0) is 16.6 Å². The lowest BCUT2D eigenvalue weighted by Gasteiger charge is -2.31. The summed E-state index contributed by atoms with van der Waals surface area (Å²) in [5, 5.41) is 1.48. The number of nitrogens with one attached hydrogen (secondary N) is 1. The molecule has 1 aliphatic heterocycles. The van der Waals surface area contributed by atoms with E-state index in [-0.39, 0.29) is 9.77 Å². The van der Waals surface area contributed by atoms with Crippen LogP contribution in [-0.4, -0.2) is 44.8 Å². The van der Waals surface area contributed by atoms with Gasteiger partial charge >= 0.3 is 0 Å². The van der Waals surface area contributed by atoms with Gasteiger partial charge in [-0.3, -0.25) is 4.79 Å². The molecule has 0 aliphatic carbocycles. The maximum Gasteiger partial charge on any atom is 0.258 e. The van der Waals surface area contributed by atoms with Gasteiger partial charge in [0.2, 0.25) is 10.0 Å². The highest BCUT2D eigenvalue weighted by atomic mass is 32.2. The van der Waals surface area contributed by atoms with Crippen molar-refractivity contribution in [2.75, 3.05) is 26.2 Å². The van der Waals surface area contributed by atoms with Gasteiger partial charge in [-0.25, -0.2) is 8.42 Å². The van der Waals surface area contributed by atoms with Crippen molar-refractivity contribution in [1.29, 1.82) is 0 Å². The van der Waals surface area contributed by atoms with Crippen LogP contribution in [0.3, 0.4) is 0 Å². The van der Waals surface area contributed by atoms with Crippen LogP contribution in [0.25, 0.3) is 0 Å². The molecule has 0 radical (unpaired) electrons. The highest BCUT2D eigenvalue weighted by Crippen LogP contribution is 2.22. The molecule has 2 heterocycles. The van der Waals surface area contributed by atoms with Crippen LogP contribution in [0.15, 0.2) is 46.7 Å². The summed E-state index contributed by atoms with van der Waals surface area (Å²) in [5.74, 6) is -0.599. The van der Waals surface area contributed by atoms with Crippen molar-refractivity contribution >= 4 is 27.3 Å². The molecule has 1 aromatic carbocycles. The van der Waals surface area contributed by atoms with Crippen molar-refractivity contribution in [3.05, 3.63) is 52.2 Å². The minimum Gasteiger partial charge on any atom is -0.365 e. The molecule has 1 amide bonds. The topological polar surface area (TPSA) is 84.9 Å². The monoisotopic (exact) mass is 366 g/mol. The third kappa shape index (κ3) is 3.67. The number of rotatable bonds is 5. The average Bonchev–Trinajstić information content (AvgIpc) is 3.07. The Hall–Kier alpha value is -1.74. The van der Waals surface area contributed by atoms with Gasteiger partial charge in [0.1, 0.15) is 6.54 Å². The lowest BCUT2D eigenvalue weighted by molar-refractivity contribution is -0.917. The maximum atomic E-state index is 12.7. The number of primary amides is 1. The second-order valence-electron chi connectivity index (χ2n) is 5.83. The van der Waals surface area contributed by atoms with E-state index in [1.54, 1.807) is 0 Å². The van der Waals surface area contributed by atoms with Crippen molar-refractivity contribution in [2.24, 2.45) is 5.73 Å². The largest absolute Gasteiger partial charge is 0.365 e. The molecule has 0 atom stereocenters. The van der Waals surface area contributed by atoms with Crippen LogP contribution in [0.5, 0.6) is 0 Å². The van der Waals surface area contributed by atoms with E-state index in [4.69, 9.17) is 5.73 Å². The van der Waals surface area contributed by atoms with E-state index >= 15 is 0 Å². The van der Waals surface area contributed by atoms with Crippen molar-refractivity contribution in [3.8, 4) is 0 Å². The summed E-state index contributed by atoms with van der Waals surface area (Å²) in [6, 6.07) is 11.6. The zero-order valence-corrected chi connectivity index (χ0v) is 14.8. The lowest BCUT2D eigenvalue weighted by Crippen LogP contribution is -3.13. The summed E-state index contributed by atoms with van der Waals surface area (Å²) in [7, 11) is -3.55. The van der Waals surface area contributed by atoms with E-state index in [0.29, 0.717) is 13.1 Å². The van der Waals surface area contributed by atoms with Gasteiger partial charge in [-0.2, -0.15) is 4.31 Å². The van der Waals surface area contributed by atoms with Crippen molar-refractivity contribution in [2.45, 2.75) is 11.4 Å². The molecule has 0 saturated carbocycles. The first-order valence-electron chi connectivity index (χ1n) is 7.73. The SMILES string of the molecule is NC(=O)c1cc(S(=O)(=O)N2CC[NH+](Cc3ccccc3)CC2)cs1. The number of quaternary nitrogens is 1. The third-order valence-electron chi connectivity index (χ3n) is 4.18. The molecular weight excluding hydrogens is 346 g/mol. The van der Waals surface area contributed by atoms with Gasteiger partial charge in [0.25, 0.3) is 5.91 Å². The number of carbonyl (C=O) groups excluding carboxylic acids is 1. The number of nitrogens with two attached hydrogens (primary N) is 1. The maximum absolute atomic E-state index is 12.7. The molecule has 3 N–H and O–H groups in total. The Morgan fingerprint density at radius 2 is 1.88 bits per heavy atom. The number of nitrogens with zero attached hydrogens (tertiary/aromatic N) is 1. The Morgan fingerprint density at radius 3 is 2.46 bits per heavy atom. The highest BCUT2D eigenvalue weighted by Gasteiger charge is 2.31. The second-order valence-corrected chi connectivity index (χ2v) is 8.68. The molecule has 128 valence electrons. The van der Waals surface area contributed by atoms with E-state index in [1.807, 2.05) is 18.2 Å². The smallest absolute Gasteiger partial charge is 0.258 e. The number of thiophene rings is 1. The molecule has 2 aromatic rings. The highest BCUT2D eigenvalue weighted by molar-refractivity contribution is 7.89. The Balaban J connectivity index is 1.63. The van der Waals surface area contributed by atoms with Gasteiger partial charge < -0.3 is 10.6 Å².